The van der Waals surface area contributed by atoms with E-state index in [1.165, 1.54) is 4.57 Å². The predicted octanol–water partition coefficient (Wildman–Crippen LogP) is 2.52. The number of para-hydroxylation sites is 2. The first-order valence-corrected chi connectivity index (χ1v) is 10.3. The minimum atomic E-state index is -0.653. The van der Waals surface area contributed by atoms with E-state index in [2.05, 4.69) is 5.32 Å². The van der Waals surface area contributed by atoms with Gasteiger partial charge in [0.15, 0.2) is 12.4 Å². The van der Waals surface area contributed by atoms with Crippen LogP contribution < -0.4 is 11.0 Å². The van der Waals surface area contributed by atoms with Crippen LogP contribution in [0.2, 0.25) is 0 Å². The topological polar surface area (TPSA) is 99.4 Å². The molecule has 1 aromatic heterocycles. The molecule has 2 aromatic carbocycles. The van der Waals surface area contributed by atoms with E-state index in [1.807, 2.05) is 25.1 Å². The van der Waals surface area contributed by atoms with Crippen LogP contribution in [0.15, 0.2) is 47.3 Å². The highest BCUT2D eigenvalue weighted by molar-refractivity contribution is 6.00. The molecule has 0 unspecified atom stereocenters. The Morgan fingerprint density at radius 1 is 1.03 bits per heavy atom. The second-order valence-corrected chi connectivity index (χ2v) is 7.51. The summed E-state index contributed by atoms with van der Waals surface area (Å²) in [6, 6.07) is 12.3. The molecule has 3 aromatic rings. The van der Waals surface area contributed by atoms with E-state index >= 15 is 0 Å². The Morgan fingerprint density at radius 3 is 2.52 bits per heavy atom. The van der Waals surface area contributed by atoms with Crippen LogP contribution in [-0.2, 0) is 33.8 Å². The fraction of sp³-hybridized carbons (Fsp3) is 0.304. The first-order chi connectivity index (χ1) is 15.0. The Bertz CT molecular complexity index is 1240. The number of nitrogens with zero attached hydrogens (tertiary/aromatic N) is 2. The second-order valence-electron chi connectivity index (χ2n) is 7.51. The number of aromatic nitrogens is 2. The second kappa shape index (κ2) is 8.59. The summed E-state index contributed by atoms with van der Waals surface area (Å²) in [6.07, 6.45) is 1.73. The number of benzene rings is 2. The summed E-state index contributed by atoms with van der Waals surface area (Å²) in [5, 5.41) is 2.76. The van der Waals surface area contributed by atoms with Crippen LogP contribution in [0, 0.1) is 0 Å². The number of Topliss-reactive ketones (excluding diaryl/α,β-unsaturated/α-hetero) is 1. The summed E-state index contributed by atoms with van der Waals surface area (Å²) in [7, 11) is 0. The summed E-state index contributed by atoms with van der Waals surface area (Å²) in [6.45, 7) is 1.86. The third-order valence-electron chi connectivity index (χ3n) is 5.35. The van der Waals surface area contributed by atoms with Crippen LogP contribution in [0.3, 0.4) is 0 Å². The maximum Gasteiger partial charge on any atom is 0.329 e. The van der Waals surface area contributed by atoms with Crippen molar-refractivity contribution >= 4 is 34.4 Å². The zero-order valence-corrected chi connectivity index (χ0v) is 17.2. The number of amides is 1. The van der Waals surface area contributed by atoms with E-state index in [0.717, 1.165) is 17.5 Å². The lowest BCUT2D eigenvalue weighted by Crippen LogP contribution is -2.28. The van der Waals surface area contributed by atoms with Crippen LogP contribution in [0.5, 0.6) is 0 Å². The number of fused-ring (bicyclic) bond motifs is 2. The normalized spacial score (nSPS) is 13.0. The number of nitrogens with one attached hydrogen (secondary N) is 1. The molecule has 0 fully saturated rings. The third-order valence-corrected chi connectivity index (χ3v) is 5.35. The minimum Gasteiger partial charge on any atom is -0.456 e. The number of hydrogen-bond acceptors (Lipinski definition) is 5. The molecular formula is C23H23N3O5. The van der Waals surface area contributed by atoms with Crippen LogP contribution in [0.1, 0.15) is 35.7 Å². The molecule has 4 rings (SSSR count). The Morgan fingerprint density at radius 2 is 1.77 bits per heavy atom. The van der Waals surface area contributed by atoms with Gasteiger partial charge in [-0.05, 0) is 48.7 Å². The van der Waals surface area contributed by atoms with Gasteiger partial charge in [0.1, 0.15) is 6.54 Å². The number of anilines is 1. The molecule has 0 saturated carbocycles. The minimum absolute atomic E-state index is 0.0453. The lowest BCUT2D eigenvalue weighted by atomic mass is 9.99. The van der Waals surface area contributed by atoms with Crippen molar-refractivity contribution in [3.8, 4) is 0 Å². The first kappa shape index (κ1) is 20.6. The molecule has 0 radical (unpaired) electrons. The fourth-order valence-corrected chi connectivity index (χ4v) is 3.83. The molecule has 8 heteroatoms. The van der Waals surface area contributed by atoms with Gasteiger partial charge in [-0.3, -0.25) is 23.5 Å². The third kappa shape index (κ3) is 4.14. The summed E-state index contributed by atoms with van der Waals surface area (Å²) in [5.41, 5.74) is 3.14. The van der Waals surface area contributed by atoms with Crippen molar-refractivity contribution < 1.29 is 19.1 Å². The molecule has 0 aliphatic carbocycles. The lowest BCUT2D eigenvalue weighted by Gasteiger charge is -2.17. The average molecular weight is 421 g/mol. The van der Waals surface area contributed by atoms with Gasteiger partial charge in [0.05, 0.1) is 11.0 Å². The molecule has 1 aliphatic rings. The zero-order valence-electron chi connectivity index (χ0n) is 17.2. The summed E-state index contributed by atoms with van der Waals surface area (Å²) >= 11 is 0. The predicted molar refractivity (Wildman–Crippen MR) is 115 cm³/mol. The van der Waals surface area contributed by atoms with Crippen LogP contribution >= 0.6 is 0 Å². The quantitative estimate of drug-likeness (QED) is 0.467. The van der Waals surface area contributed by atoms with E-state index in [-0.39, 0.29) is 23.9 Å². The fourth-order valence-electron chi connectivity index (χ4n) is 3.83. The number of hydrogen-bond donors (Lipinski definition) is 1. The number of carbonyl (C=O) groups excluding carboxylic acids is 3. The van der Waals surface area contributed by atoms with Gasteiger partial charge in [0, 0.05) is 24.2 Å². The van der Waals surface area contributed by atoms with E-state index in [9.17, 15) is 19.2 Å². The standard InChI is InChI=1S/C23H23N3O5/c1-2-11-25-18-5-3-4-6-19(18)26(23(25)30)13-22(29)31-14-20(27)16-7-9-17-15(12-16)8-10-21(28)24-17/h3-7,9,12H,2,8,10-11,13-14H2,1H3,(H,24,28). The summed E-state index contributed by atoms with van der Waals surface area (Å²) in [5.74, 6) is -1.04. The highest BCUT2D eigenvalue weighted by Crippen LogP contribution is 2.23. The largest absolute Gasteiger partial charge is 0.456 e. The number of carbonyl (C=O) groups is 3. The number of rotatable bonds is 7. The zero-order chi connectivity index (χ0) is 22.0. The molecule has 0 saturated heterocycles. The molecule has 31 heavy (non-hydrogen) atoms. The molecule has 1 aliphatic heterocycles. The van der Waals surface area contributed by atoms with Crippen molar-refractivity contribution in [2.24, 2.45) is 0 Å². The van der Waals surface area contributed by atoms with E-state index in [0.29, 0.717) is 36.2 Å². The van der Waals surface area contributed by atoms with Gasteiger partial charge in [-0.25, -0.2) is 4.79 Å². The average Bonchev–Trinajstić information content (AvgIpc) is 3.03. The molecule has 0 spiro atoms. The number of esters is 1. The Balaban J connectivity index is 1.44. The maximum atomic E-state index is 12.8. The van der Waals surface area contributed by atoms with Crippen molar-refractivity contribution in [3.63, 3.8) is 0 Å². The van der Waals surface area contributed by atoms with Crippen molar-refractivity contribution in [1.82, 2.24) is 9.13 Å². The SMILES string of the molecule is CCCn1c(=O)n(CC(=O)OCC(=O)c2ccc3c(c2)CCC(=O)N3)c2ccccc21. The number of ketones is 1. The Kier molecular flexibility index (Phi) is 5.70. The van der Waals surface area contributed by atoms with Gasteiger partial charge in [-0.15, -0.1) is 0 Å². The van der Waals surface area contributed by atoms with Crippen molar-refractivity contribution in [2.75, 3.05) is 11.9 Å². The lowest BCUT2D eigenvalue weighted by molar-refractivity contribution is -0.143. The van der Waals surface area contributed by atoms with Crippen LogP contribution in [0.25, 0.3) is 11.0 Å². The Labute approximate surface area is 178 Å². The van der Waals surface area contributed by atoms with Crippen LogP contribution in [0.4, 0.5) is 5.69 Å². The summed E-state index contributed by atoms with van der Waals surface area (Å²) < 4.78 is 8.18. The molecule has 0 atom stereocenters. The van der Waals surface area contributed by atoms with Crippen LogP contribution in [-0.4, -0.2) is 33.4 Å². The number of ether oxygens (including phenoxy) is 1. The smallest absolute Gasteiger partial charge is 0.329 e. The molecule has 8 nitrogen and oxygen atoms in total. The molecule has 1 N–H and O–H groups in total. The molecular weight excluding hydrogens is 398 g/mol. The van der Waals surface area contributed by atoms with Crippen molar-refractivity contribution in [1.29, 1.82) is 0 Å². The molecule has 0 bridgehead atoms. The van der Waals surface area contributed by atoms with E-state index < -0.39 is 12.6 Å². The molecule has 1 amide bonds. The highest BCUT2D eigenvalue weighted by Gasteiger charge is 2.19. The molecule has 160 valence electrons. The van der Waals surface area contributed by atoms with Gasteiger partial charge < -0.3 is 10.1 Å². The number of aryl methyl sites for hydroxylation is 2. The Hall–Kier alpha value is -3.68. The molecule has 2 heterocycles. The first-order valence-electron chi connectivity index (χ1n) is 10.3. The highest BCUT2D eigenvalue weighted by atomic mass is 16.5. The van der Waals surface area contributed by atoms with Gasteiger partial charge in [-0.2, -0.15) is 0 Å². The van der Waals surface area contributed by atoms with Gasteiger partial charge in [-0.1, -0.05) is 19.1 Å². The van der Waals surface area contributed by atoms with Gasteiger partial charge >= 0.3 is 11.7 Å². The monoisotopic (exact) mass is 421 g/mol. The van der Waals surface area contributed by atoms with Crippen molar-refractivity contribution in [2.45, 2.75) is 39.3 Å². The van der Waals surface area contributed by atoms with Gasteiger partial charge in [0.25, 0.3) is 0 Å². The van der Waals surface area contributed by atoms with E-state index in [4.69, 9.17) is 4.74 Å². The maximum absolute atomic E-state index is 12.8. The van der Waals surface area contributed by atoms with E-state index in [1.54, 1.807) is 28.8 Å². The van der Waals surface area contributed by atoms with Crippen molar-refractivity contribution in [3.05, 3.63) is 64.1 Å². The summed E-state index contributed by atoms with van der Waals surface area (Å²) in [4.78, 5) is 49.1. The number of imidazole rings is 1. The van der Waals surface area contributed by atoms with Gasteiger partial charge in [0.2, 0.25) is 5.91 Å².